The average Bonchev–Trinajstić information content (AvgIpc) is 3.13. The van der Waals surface area contributed by atoms with Gasteiger partial charge in [-0.05, 0) is 71.2 Å². The molecule has 2 N–H and O–H groups in total. The maximum absolute atomic E-state index is 12.0. The minimum atomic E-state index is -0.511. The molecule has 0 radical (unpaired) electrons. The number of hydrogen-bond donors (Lipinski definition) is 2. The fourth-order valence-corrected chi connectivity index (χ4v) is 3.06. The van der Waals surface area contributed by atoms with Crippen molar-refractivity contribution in [2.24, 2.45) is 0 Å². The summed E-state index contributed by atoms with van der Waals surface area (Å²) in [5.41, 5.74) is 0.0259. The number of benzene rings is 1. The van der Waals surface area contributed by atoms with Crippen molar-refractivity contribution in [1.29, 1.82) is 0 Å². The molecule has 1 aliphatic rings. The number of hydrogen-bond acceptors (Lipinski definition) is 3. The van der Waals surface area contributed by atoms with E-state index in [1.165, 1.54) is 0 Å². The highest BCUT2D eigenvalue weighted by Crippen LogP contribution is 2.46. The minimum Gasteiger partial charge on any atom is -0.444 e. The molecule has 6 heteroatoms. The molecule has 1 aliphatic carbocycles. The molecule has 1 amide bonds. The molecule has 134 valence electrons. The zero-order valence-corrected chi connectivity index (χ0v) is 16.4. The number of halogens is 2. The average molecular weight is 373 g/mol. The second-order valence-corrected chi connectivity index (χ2v) is 8.98. The lowest BCUT2D eigenvalue weighted by Gasteiger charge is -2.31. The molecule has 1 aromatic carbocycles. The van der Waals surface area contributed by atoms with E-state index in [1.807, 2.05) is 46.8 Å². The third-order valence-corrected chi connectivity index (χ3v) is 4.31. The lowest BCUT2D eigenvalue weighted by atomic mass is 10.0. The van der Waals surface area contributed by atoms with Crippen LogP contribution in [-0.2, 0) is 10.3 Å². The molecule has 0 heterocycles. The Morgan fingerprint density at radius 3 is 2.12 bits per heavy atom. The number of rotatable bonds is 5. The van der Waals surface area contributed by atoms with Gasteiger partial charge in [0, 0.05) is 22.1 Å². The molecule has 0 spiro atoms. The van der Waals surface area contributed by atoms with E-state index in [2.05, 4.69) is 10.6 Å². The molecule has 1 aromatic rings. The van der Waals surface area contributed by atoms with Crippen LogP contribution in [0.3, 0.4) is 0 Å². The van der Waals surface area contributed by atoms with E-state index in [0.717, 1.165) is 18.4 Å². The fraction of sp³-hybridized carbons (Fsp3) is 0.611. The molecule has 1 fully saturated rings. The Hall–Kier alpha value is -0.970. The SMILES string of the molecule is CC(C)(CNC1(c2cc(Cl)cc(Cl)c2)CC1)NC(=O)OC(C)(C)C. The summed E-state index contributed by atoms with van der Waals surface area (Å²) in [7, 11) is 0. The first-order valence-corrected chi connectivity index (χ1v) is 8.89. The van der Waals surface area contributed by atoms with Gasteiger partial charge in [-0.15, -0.1) is 0 Å². The second-order valence-electron chi connectivity index (χ2n) is 8.10. The largest absolute Gasteiger partial charge is 0.444 e. The van der Waals surface area contributed by atoms with E-state index >= 15 is 0 Å². The lowest BCUT2D eigenvalue weighted by molar-refractivity contribution is 0.0470. The number of amides is 1. The summed E-state index contributed by atoms with van der Waals surface area (Å²) in [6, 6.07) is 5.63. The molecule has 0 unspecified atom stereocenters. The standard InChI is InChI=1S/C18H26Cl2N2O2/c1-16(2,3)24-15(23)22-17(4,5)11-21-18(6-7-18)12-8-13(19)10-14(20)9-12/h8-10,21H,6-7,11H2,1-5H3,(H,22,23). The Morgan fingerprint density at radius 1 is 1.12 bits per heavy atom. The molecule has 1 saturated carbocycles. The topological polar surface area (TPSA) is 50.4 Å². The summed E-state index contributed by atoms with van der Waals surface area (Å²) < 4.78 is 5.32. The third kappa shape index (κ3) is 5.54. The highest BCUT2D eigenvalue weighted by molar-refractivity contribution is 6.34. The van der Waals surface area contributed by atoms with Crippen molar-refractivity contribution in [1.82, 2.24) is 10.6 Å². The maximum atomic E-state index is 12.0. The van der Waals surface area contributed by atoms with Crippen LogP contribution in [0.4, 0.5) is 4.79 Å². The monoisotopic (exact) mass is 372 g/mol. The van der Waals surface area contributed by atoms with Gasteiger partial charge >= 0.3 is 6.09 Å². The van der Waals surface area contributed by atoms with Gasteiger partial charge in [0.25, 0.3) is 0 Å². The molecule has 2 rings (SSSR count). The summed E-state index contributed by atoms with van der Waals surface area (Å²) in [5, 5.41) is 7.75. The van der Waals surface area contributed by atoms with Crippen molar-refractivity contribution < 1.29 is 9.53 Å². The van der Waals surface area contributed by atoms with Crippen LogP contribution in [0.1, 0.15) is 53.0 Å². The lowest BCUT2D eigenvalue weighted by Crippen LogP contribution is -2.53. The van der Waals surface area contributed by atoms with Crippen molar-refractivity contribution in [2.45, 2.75) is 64.1 Å². The predicted octanol–water partition coefficient (Wildman–Crippen LogP) is 4.88. The summed E-state index contributed by atoms with van der Waals surface area (Å²) in [4.78, 5) is 12.0. The minimum absolute atomic E-state index is 0.110. The number of carbonyl (C=O) groups excluding carboxylic acids is 1. The Kier molecular flexibility index (Phi) is 5.43. The first-order valence-electron chi connectivity index (χ1n) is 8.14. The van der Waals surface area contributed by atoms with Gasteiger partial charge in [-0.2, -0.15) is 0 Å². The predicted molar refractivity (Wildman–Crippen MR) is 98.8 cm³/mol. The first kappa shape index (κ1) is 19.4. The first-order chi connectivity index (χ1) is 10.9. The molecule has 0 aromatic heterocycles. The maximum Gasteiger partial charge on any atom is 0.408 e. The number of nitrogens with one attached hydrogen (secondary N) is 2. The zero-order valence-electron chi connectivity index (χ0n) is 14.9. The summed E-state index contributed by atoms with van der Waals surface area (Å²) in [6.07, 6.45) is 1.63. The molecule has 0 aliphatic heterocycles. The van der Waals surface area contributed by atoms with E-state index < -0.39 is 17.2 Å². The normalized spacial score (nSPS) is 16.6. The van der Waals surface area contributed by atoms with E-state index in [1.54, 1.807) is 6.07 Å². The molecule has 0 atom stereocenters. The van der Waals surface area contributed by atoms with E-state index in [-0.39, 0.29) is 5.54 Å². The number of alkyl carbamates (subject to hydrolysis) is 1. The van der Waals surface area contributed by atoms with Crippen LogP contribution in [0.25, 0.3) is 0 Å². The second kappa shape index (κ2) is 6.74. The van der Waals surface area contributed by atoms with Gasteiger partial charge in [0.1, 0.15) is 5.60 Å². The summed E-state index contributed by atoms with van der Waals surface area (Å²) in [6.45, 7) is 10.1. The molecular formula is C18H26Cl2N2O2. The molecule has 24 heavy (non-hydrogen) atoms. The third-order valence-electron chi connectivity index (χ3n) is 3.87. The van der Waals surface area contributed by atoms with Gasteiger partial charge < -0.3 is 15.4 Å². The van der Waals surface area contributed by atoms with E-state index in [4.69, 9.17) is 27.9 Å². The smallest absolute Gasteiger partial charge is 0.408 e. The van der Waals surface area contributed by atoms with Gasteiger partial charge in [-0.1, -0.05) is 23.2 Å². The Balaban J connectivity index is 1.97. The van der Waals surface area contributed by atoms with Crippen molar-refractivity contribution in [3.8, 4) is 0 Å². The van der Waals surface area contributed by atoms with Crippen LogP contribution in [0, 0.1) is 0 Å². The number of carbonyl (C=O) groups is 1. The van der Waals surface area contributed by atoms with Gasteiger partial charge in [0.15, 0.2) is 0 Å². The zero-order chi connectivity index (χ0) is 18.2. The van der Waals surface area contributed by atoms with Crippen LogP contribution in [-0.4, -0.2) is 23.8 Å². The highest BCUT2D eigenvalue weighted by atomic mass is 35.5. The van der Waals surface area contributed by atoms with Gasteiger partial charge in [0.05, 0.1) is 5.54 Å². The molecule has 0 saturated heterocycles. The number of ether oxygens (including phenoxy) is 1. The molecule has 4 nitrogen and oxygen atoms in total. The van der Waals surface area contributed by atoms with Crippen LogP contribution < -0.4 is 10.6 Å². The van der Waals surface area contributed by atoms with Crippen molar-refractivity contribution in [2.75, 3.05) is 6.54 Å². The van der Waals surface area contributed by atoms with E-state index in [9.17, 15) is 4.79 Å². The Bertz CT molecular complexity index is 600. The van der Waals surface area contributed by atoms with Crippen LogP contribution in [0.5, 0.6) is 0 Å². The van der Waals surface area contributed by atoms with Gasteiger partial charge in [-0.25, -0.2) is 4.79 Å². The van der Waals surface area contributed by atoms with Crippen molar-refractivity contribution in [3.05, 3.63) is 33.8 Å². The Labute approximate surface area is 154 Å². The molecule has 0 bridgehead atoms. The van der Waals surface area contributed by atoms with Crippen LogP contribution in [0.2, 0.25) is 10.0 Å². The summed E-state index contributed by atoms with van der Waals surface area (Å²) >= 11 is 12.2. The van der Waals surface area contributed by atoms with E-state index in [0.29, 0.717) is 16.6 Å². The molecular weight excluding hydrogens is 347 g/mol. The van der Waals surface area contributed by atoms with Crippen molar-refractivity contribution >= 4 is 29.3 Å². The highest BCUT2D eigenvalue weighted by Gasteiger charge is 2.45. The van der Waals surface area contributed by atoms with Crippen LogP contribution >= 0.6 is 23.2 Å². The van der Waals surface area contributed by atoms with Gasteiger partial charge in [-0.3, -0.25) is 0 Å². The summed E-state index contributed by atoms with van der Waals surface area (Å²) in [5.74, 6) is 0. The van der Waals surface area contributed by atoms with Gasteiger partial charge in [0.2, 0.25) is 0 Å². The Morgan fingerprint density at radius 2 is 1.67 bits per heavy atom. The quantitative estimate of drug-likeness (QED) is 0.774. The fourth-order valence-electron chi connectivity index (χ4n) is 2.54. The van der Waals surface area contributed by atoms with Crippen molar-refractivity contribution in [3.63, 3.8) is 0 Å². The van der Waals surface area contributed by atoms with Crippen LogP contribution in [0.15, 0.2) is 18.2 Å².